The van der Waals surface area contributed by atoms with Crippen molar-refractivity contribution in [2.45, 2.75) is 56.9 Å². The highest BCUT2D eigenvalue weighted by Gasteiger charge is 2.49. The van der Waals surface area contributed by atoms with Gasteiger partial charge in [0.2, 0.25) is 15.9 Å². The van der Waals surface area contributed by atoms with Crippen LogP contribution < -0.4 is 10.1 Å². The Morgan fingerprint density at radius 2 is 1.90 bits per heavy atom. The average Bonchev–Trinajstić information content (AvgIpc) is 3.28. The lowest BCUT2D eigenvalue weighted by Crippen LogP contribution is -2.59. The molecule has 1 N–H and O–H groups in total. The zero-order valence-electron chi connectivity index (χ0n) is 22.6. The van der Waals surface area contributed by atoms with E-state index in [-0.39, 0.29) is 22.8 Å². The van der Waals surface area contributed by atoms with Crippen molar-refractivity contribution in [1.29, 1.82) is 0 Å². The van der Waals surface area contributed by atoms with Crippen molar-refractivity contribution >= 4 is 42.6 Å². The third-order valence-corrected chi connectivity index (χ3v) is 11.0. The maximum atomic E-state index is 13.9. The third kappa shape index (κ3) is 5.96. The predicted molar refractivity (Wildman–Crippen MR) is 151 cm³/mol. The fourth-order valence-corrected chi connectivity index (χ4v) is 8.49. The molecule has 1 amide bonds. The molecular weight excluding hydrogens is 539 g/mol. The molecule has 1 aromatic heterocycles. The molecule has 2 aromatic carbocycles. The molecule has 210 valence electrons. The van der Waals surface area contributed by atoms with Crippen molar-refractivity contribution in [2.75, 3.05) is 38.1 Å². The molecule has 0 atom stereocenters. The van der Waals surface area contributed by atoms with E-state index in [0.717, 1.165) is 47.7 Å². The van der Waals surface area contributed by atoms with Crippen LogP contribution in [-0.2, 0) is 14.8 Å². The lowest BCUT2D eigenvalue weighted by molar-refractivity contribution is -0.118. The largest absolute Gasteiger partial charge is 0.494 e. The highest BCUT2D eigenvalue weighted by molar-refractivity contribution is 7.89. The van der Waals surface area contributed by atoms with E-state index in [1.165, 1.54) is 29.5 Å². The van der Waals surface area contributed by atoms with Crippen LogP contribution in [0.4, 0.5) is 9.52 Å². The topological polar surface area (TPSA) is 91.8 Å². The number of fused-ring (bicyclic) bond motifs is 1. The quantitative estimate of drug-likeness (QED) is 0.421. The van der Waals surface area contributed by atoms with Gasteiger partial charge in [-0.25, -0.2) is 17.8 Å². The first-order valence-electron chi connectivity index (χ1n) is 13.3. The minimum absolute atomic E-state index is 0.00862. The van der Waals surface area contributed by atoms with Gasteiger partial charge in [0.25, 0.3) is 0 Å². The molecule has 0 aliphatic carbocycles. The molecule has 11 heteroatoms. The minimum Gasteiger partial charge on any atom is -0.494 e. The van der Waals surface area contributed by atoms with E-state index >= 15 is 0 Å². The molecule has 0 saturated carbocycles. The summed E-state index contributed by atoms with van der Waals surface area (Å²) in [7, 11) is -3.85. The first kappa shape index (κ1) is 27.9. The Hall–Kier alpha value is -2.60. The van der Waals surface area contributed by atoms with Crippen molar-refractivity contribution in [2.24, 2.45) is 5.41 Å². The Morgan fingerprint density at radius 1 is 1.13 bits per heavy atom. The Morgan fingerprint density at radius 3 is 2.62 bits per heavy atom. The van der Waals surface area contributed by atoms with Gasteiger partial charge in [0, 0.05) is 12.1 Å². The van der Waals surface area contributed by atoms with E-state index in [9.17, 15) is 17.6 Å². The molecule has 2 aliphatic heterocycles. The minimum atomic E-state index is -3.85. The Kier molecular flexibility index (Phi) is 7.71. The number of nitrogens with one attached hydrogen (secondary N) is 1. The van der Waals surface area contributed by atoms with Crippen LogP contribution in [0, 0.1) is 11.2 Å². The number of nitrogens with zero attached hydrogens (tertiary/aromatic N) is 3. The smallest absolute Gasteiger partial charge is 0.243 e. The first-order chi connectivity index (χ1) is 18.5. The number of ether oxygens (including phenoxy) is 1. The Bertz CT molecular complexity index is 1470. The molecular formula is C28H35FN4O4S2. The van der Waals surface area contributed by atoms with Crippen LogP contribution in [0.3, 0.4) is 0 Å². The number of carbonyl (C=O) groups is 1. The molecule has 3 heterocycles. The Labute approximate surface area is 233 Å². The van der Waals surface area contributed by atoms with Gasteiger partial charge in [-0.15, -0.1) is 0 Å². The van der Waals surface area contributed by atoms with Gasteiger partial charge >= 0.3 is 0 Å². The molecule has 2 saturated heterocycles. The summed E-state index contributed by atoms with van der Waals surface area (Å²) in [6.07, 6.45) is 3.25. The summed E-state index contributed by atoms with van der Waals surface area (Å²) in [4.78, 5) is 19.4. The molecule has 2 aliphatic rings. The number of rotatable bonds is 7. The number of carbonyl (C=O) groups excluding carboxylic acids is 1. The van der Waals surface area contributed by atoms with Gasteiger partial charge in [0.15, 0.2) is 5.13 Å². The molecule has 8 nitrogen and oxygen atoms in total. The standard InChI is InChI=1S/C28H35FN4O4S2/c1-4-37-21-8-9-23-24(17-21)38-26(30-23)31-25(34)18-32-14-12-28(13-15-32)11-10-27(2,3)33(19-28)39(35,36)22-7-5-6-20(29)16-22/h5-9,16-17H,4,10-15,18-19H2,1-3H3,(H,30,31,34). The van der Waals surface area contributed by atoms with Crippen LogP contribution in [0.5, 0.6) is 5.75 Å². The summed E-state index contributed by atoms with van der Waals surface area (Å²) in [6.45, 7) is 8.47. The van der Waals surface area contributed by atoms with Crippen molar-refractivity contribution in [3.8, 4) is 5.75 Å². The number of benzene rings is 2. The highest BCUT2D eigenvalue weighted by Crippen LogP contribution is 2.46. The summed E-state index contributed by atoms with van der Waals surface area (Å²) in [5, 5.41) is 3.49. The van der Waals surface area contributed by atoms with Crippen LogP contribution >= 0.6 is 11.3 Å². The molecule has 0 bridgehead atoms. The number of likely N-dealkylation sites (tertiary alicyclic amines) is 1. The van der Waals surface area contributed by atoms with Crippen molar-refractivity contribution < 1.29 is 22.3 Å². The van der Waals surface area contributed by atoms with Gasteiger partial charge in [0.1, 0.15) is 11.6 Å². The van der Waals surface area contributed by atoms with E-state index < -0.39 is 21.4 Å². The SMILES string of the molecule is CCOc1ccc2nc(NC(=O)CN3CCC4(CC3)CCC(C)(C)N(S(=O)(=O)c3cccc(F)c3)C4)sc2c1. The molecule has 39 heavy (non-hydrogen) atoms. The summed E-state index contributed by atoms with van der Waals surface area (Å²) < 4.78 is 49.1. The summed E-state index contributed by atoms with van der Waals surface area (Å²) in [5.41, 5.74) is 0.0964. The van der Waals surface area contributed by atoms with Gasteiger partial charge < -0.3 is 10.1 Å². The number of sulfonamides is 1. The van der Waals surface area contributed by atoms with E-state index in [4.69, 9.17) is 4.74 Å². The second-order valence-corrected chi connectivity index (χ2v) is 14.1. The molecule has 0 radical (unpaired) electrons. The maximum Gasteiger partial charge on any atom is 0.243 e. The second-order valence-electron chi connectivity index (χ2n) is 11.2. The molecule has 2 fully saturated rings. The van der Waals surface area contributed by atoms with E-state index in [0.29, 0.717) is 31.4 Å². The van der Waals surface area contributed by atoms with Gasteiger partial charge in [-0.3, -0.25) is 9.69 Å². The fourth-order valence-electron chi connectivity index (χ4n) is 5.63. The van der Waals surface area contributed by atoms with Crippen LogP contribution in [0.2, 0.25) is 0 Å². The van der Waals surface area contributed by atoms with Gasteiger partial charge in [0.05, 0.1) is 28.3 Å². The number of thiazole rings is 1. The molecule has 1 spiro atoms. The van der Waals surface area contributed by atoms with Crippen LogP contribution in [0.25, 0.3) is 10.2 Å². The zero-order valence-corrected chi connectivity index (χ0v) is 24.2. The number of halogens is 1. The van der Waals surface area contributed by atoms with E-state index in [1.807, 2.05) is 39.0 Å². The van der Waals surface area contributed by atoms with Crippen molar-refractivity contribution in [3.05, 3.63) is 48.3 Å². The maximum absolute atomic E-state index is 13.9. The van der Waals surface area contributed by atoms with Gasteiger partial charge in [-0.1, -0.05) is 17.4 Å². The third-order valence-electron chi connectivity index (χ3n) is 8.01. The van der Waals surface area contributed by atoms with Crippen LogP contribution in [0.1, 0.15) is 46.5 Å². The van der Waals surface area contributed by atoms with Gasteiger partial charge in [-0.2, -0.15) is 4.31 Å². The normalized spacial score (nSPS) is 19.8. The summed E-state index contributed by atoms with van der Waals surface area (Å²) in [5.74, 6) is 0.102. The van der Waals surface area contributed by atoms with E-state index in [2.05, 4.69) is 15.2 Å². The van der Waals surface area contributed by atoms with E-state index in [1.54, 1.807) is 4.31 Å². The number of hydrogen-bond donors (Lipinski definition) is 1. The average molecular weight is 575 g/mol. The number of anilines is 1. The van der Waals surface area contributed by atoms with Crippen LogP contribution in [0.15, 0.2) is 47.4 Å². The number of hydrogen-bond acceptors (Lipinski definition) is 7. The van der Waals surface area contributed by atoms with Crippen LogP contribution in [-0.4, -0.2) is 66.8 Å². The molecule has 0 unspecified atom stereocenters. The predicted octanol–water partition coefficient (Wildman–Crippen LogP) is 5.12. The zero-order chi connectivity index (χ0) is 27.8. The molecule has 3 aromatic rings. The van der Waals surface area contributed by atoms with Gasteiger partial charge in [-0.05, 0) is 101 Å². The highest BCUT2D eigenvalue weighted by atomic mass is 32.2. The second kappa shape index (κ2) is 10.8. The van der Waals surface area contributed by atoms with Crippen molar-refractivity contribution in [1.82, 2.24) is 14.2 Å². The lowest BCUT2D eigenvalue weighted by Gasteiger charge is -2.53. The number of aromatic nitrogens is 1. The van der Waals surface area contributed by atoms with Crippen molar-refractivity contribution in [3.63, 3.8) is 0 Å². The monoisotopic (exact) mass is 574 g/mol. The molecule has 5 rings (SSSR count). The lowest BCUT2D eigenvalue weighted by atomic mass is 9.69. The number of piperidine rings is 2. The first-order valence-corrected chi connectivity index (χ1v) is 15.6. The summed E-state index contributed by atoms with van der Waals surface area (Å²) >= 11 is 1.42. The summed E-state index contributed by atoms with van der Waals surface area (Å²) in [6, 6.07) is 10.9. The fraction of sp³-hybridized carbons (Fsp3) is 0.500. The Balaban J connectivity index is 1.21. The number of amides is 1.